The molecule has 9 heteroatoms. The van der Waals surface area contributed by atoms with Gasteiger partial charge in [-0.2, -0.15) is 0 Å². The number of anilines is 1. The molecule has 2 N–H and O–H groups in total. The van der Waals surface area contributed by atoms with Gasteiger partial charge in [0.25, 0.3) is 11.5 Å². The van der Waals surface area contributed by atoms with Gasteiger partial charge in [0, 0.05) is 6.04 Å². The van der Waals surface area contributed by atoms with Crippen molar-refractivity contribution in [1.29, 1.82) is 0 Å². The van der Waals surface area contributed by atoms with Gasteiger partial charge in [-0.15, -0.1) is 11.3 Å². The van der Waals surface area contributed by atoms with Crippen molar-refractivity contribution in [3.8, 4) is 5.75 Å². The van der Waals surface area contributed by atoms with Gasteiger partial charge in [-0.3, -0.25) is 19.0 Å². The van der Waals surface area contributed by atoms with Crippen LogP contribution in [0.2, 0.25) is 0 Å². The molecule has 1 saturated carbocycles. The average molecular weight is 455 g/mol. The zero-order valence-corrected chi connectivity index (χ0v) is 19.0. The van der Waals surface area contributed by atoms with Gasteiger partial charge in [0.2, 0.25) is 5.91 Å². The maximum atomic E-state index is 13.1. The Bertz CT molecular complexity index is 1210. The molecule has 0 radical (unpaired) electrons. The van der Waals surface area contributed by atoms with Crippen molar-refractivity contribution in [1.82, 2.24) is 14.9 Å². The molecule has 32 heavy (non-hydrogen) atoms. The number of carbonyl (C=O) groups excluding carboxylic acids is 2. The van der Waals surface area contributed by atoms with Crippen LogP contribution in [0.4, 0.5) is 5.69 Å². The van der Waals surface area contributed by atoms with Crippen LogP contribution in [0.5, 0.6) is 5.75 Å². The third-order valence-corrected chi connectivity index (χ3v) is 6.96. The first-order valence-corrected chi connectivity index (χ1v) is 11.5. The van der Waals surface area contributed by atoms with E-state index in [1.807, 2.05) is 0 Å². The molecule has 0 spiro atoms. The molecule has 0 saturated heterocycles. The quantitative estimate of drug-likeness (QED) is 0.594. The molecule has 4 rings (SSSR count). The Morgan fingerprint density at radius 1 is 1.22 bits per heavy atom. The molecule has 0 unspecified atom stereocenters. The van der Waals surface area contributed by atoms with E-state index >= 15 is 0 Å². The SMILES string of the molecule is COc1ccccc1NC(=O)Cn1cnc2sc(C(=O)NC3CCCCC3)c(C)c2c1=O. The highest BCUT2D eigenvalue weighted by molar-refractivity contribution is 7.20. The number of rotatable bonds is 6. The maximum absolute atomic E-state index is 13.1. The number of aryl methyl sites for hydroxylation is 1. The Morgan fingerprint density at radius 2 is 1.97 bits per heavy atom. The van der Waals surface area contributed by atoms with Crippen LogP contribution >= 0.6 is 11.3 Å². The Hall–Kier alpha value is -3.20. The van der Waals surface area contributed by atoms with E-state index < -0.39 is 0 Å². The lowest BCUT2D eigenvalue weighted by Gasteiger charge is -2.22. The summed E-state index contributed by atoms with van der Waals surface area (Å²) in [7, 11) is 1.52. The van der Waals surface area contributed by atoms with Crippen molar-refractivity contribution < 1.29 is 14.3 Å². The smallest absolute Gasteiger partial charge is 0.262 e. The Labute approximate surface area is 189 Å². The molecule has 0 aliphatic heterocycles. The van der Waals surface area contributed by atoms with E-state index in [0.717, 1.165) is 25.7 Å². The molecule has 1 aliphatic rings. The van der Waals surface area contributed by atoms with Crippen molar-refractivity contribution in [2.24, 2.45) is 0 Å². The first-order chi connectivity index (χ1) is 15.5. The fourth-order valence-corrected chi connectivity index (χ4v) is 5.12. The minimum atomic E-state index is -0.374. The van der Waals surface area contributed by atoms with E-state index in [0.29, 0.717) is 32.1 Å². The van der Waals surface area contributed by atoms with Gasteiger partial charge in [-0.05, 0) is 37.5 Å². The minimum Gasteiger partial charge on any atom is -0.495 e. The Balaban J connectivity index is 1.54. The molecule has 0 atom stereocenters. The highest BCUT2D eigenvalue weighted by Gasteiger charge is 2.23. The summed E-state index contributed by atoms with van der Waals surface area (Å²) >= 11 is 1.22. The normalized spacial score (nSPS) is 14.3. The summed E-state index contributed by atoms with van der Waals surface area (Å²) in [6.07, 6.45) is 6.79. The molecule has 2 aromatic heterocycles. The molecule has 2 heterocycles. The van der Waals surface area contributed by atoms with Crippen molar-refractivity contribution in [2.75, 3.05) is 12.4 Å². The van der Waals surface area contributed by atoms with Crippen LogP contribution in [-0.4, -0.2) is 34.5 Å². The number of nitrogens with one attached hydrogen (secondary N) is 2. The molecule has 1 aliphatic carbocycles. The number of hydrogen-bond acceptors (Lipinski definition) is 6. The van der Waals surface area contributed by atoms with Gasteiger partial charge in [0.1, 0.15) is 17.1 Å². The number of thiophene rings is 1. The van der Waals surface area contributed by atoms with Gasteiger partial charge in [-0.1, -0.05) is 31.4 Å². The van der Waals surface area contributed by atoms with Crippen molar-refractivity contribution in [3.63, 3.8) is 0 Å². The van der Waals surface area contributed by atoms with Crippen LogP contribution in [0.15, 0.2) is 35.4 Å². The predicted octanol–water partition coefficient (Wildman–Crippen LogP) is 3.48. The number of benzene rings is 1. The van der Waals surface area contributed by atoms with E-state index in [1.54, 1.807) is 31.2 Å². The van der Waals surface area contributed by atoms with Crippen molar-refractivity contribution >= 4 is 39.1 Å². The van der Waals surface area contributed by atoms with Gasteiger partial charge in [0.05, 0.1) is 29.4 Å². The van der Waals surface area contributed by atoms with Crippen LogP contribution in [0.25, 0.3) is 10.2 Å². The van der Waals surface area contributed by atoms with Gasteiger partial charge in [-0.25, -0.2) is 4.98 Å². The first kappa shape index (κ1) is 22.0. The fourth-order valence-electron chi connectivity index (χ4n) is 4.08. The zero-order chi connectivity index (χ0) is 22.7. The van der Waals surface area contributed by atoms with Gasteiger partial charge < -0.3 is 15.4 Å². The summed E-state index contributed by atoms with van der Waals surface area (Å²) in [5, 5.41) is 6.24. The molecule has 2 amide bonds. The fraction of sp³-hybridized carbons (Fsp3) is 0.391. The van der Waals surface area contributed by atoms with Crippen LogP contribution < -0.4 is 20.9 Å². The number of amides is 2. The lowest BCUT2D eigenvalue weighted by Crippen LogP contribution is -2.36. The highest BCUT2D eigenvalue weighted by Crippen LogP contribution is 2.28. The Kier molecular flexibility index (Phi) is 6.55. The molecule has 1 fully saturated rings. The number of ether oxygens (including phenoxy) is 1. The average Bonchev–Trinajstić information content (AvgIpc) is 3.14. The van der Waals surface area contributed by atoms with E-state index in [2.05, 4.69) is 15.6 Å². The molecule has 1 aromatic carbocycles. The third-order valence-electron chi connectivity index (χ3n) is 5.76. The van der Waals surface area contributed by atoms with E-state index in [9.17, 15) is 14.4 Å². The van der Waals surface area contributed by atoms with Crippen molar-refractivity contribution in [2.45, 2.75) is 51.6 Å². The van der Waals surface area contributed by atoms with Crippen LogP contribution in [0, 0.1) is 6.92 Å². The summed E-state index contributed by atoms with van der Waals surface area (Å²) in [4.78, 5) is 43.8. The summed E-state index contributed by atoms with van der Waals surface area (Å²) in [5.41, 5.74) is 0.793. The molecular weight excluding hydrogens is 428 g/mol. The summed E-state index contributed by atoms with van der Waals surface area (Å²) in [5.74, 6) is 0.00207. The molecule has 0 bridgehead atoms. The molecule has 8 nitrogen and oxygen atoms in total. The molecule has 168 valence electrons. The van der Waals surface area contributed by atoms with E-state index in [4.69, 9.17) is 4.74 Å². The predicted molar refractivity (Wildman–Crippen MR) is 125 cm³/mol. The largest absolute Gasteiger partial charge is 0.495 e. The number of fused-ring (bicyclic) bond motifs is 1. The second-order valence-electron chi connectivity index (χ2n) is 7.97. The lowest BCUT2D eigenvalue weighted by molar-refractivity contribution is -0.116. The monoisotopic (exact) mass is 454 g/mol. The lowest BCUT2D eigenvalue weighted by atomic mass is 9.95. The second-order valence-corrected chi connectivity index (χ2v) is 8.97. The standard InChI is InChI=1S/C23H26N4O4S/c1-14-19-22(32-20(14)21(29)25-15-8-4-3-5-9-15)24-13-27(23(19)30)12-18(28)26-16-10-6-7-11-17(16)31-2/h6-7,10-11,13,15H,3-5,8-9,12H2,1-2H3,(H,25,29)(H,26,28). The molecular formula is C23H26N4O4S. The number of methoxy groups -OCH3 is 1. The molecule has 3 aromatic rings. The number of para-hydroxylation sites is 2. The summed E-state index contributed by atoms with van der Waals surface area (Å²) in [6.45, 7) is 1.57. The minimum absolute atomic E-state index is 0.155. The van der Waals surface area contributed by atoms with Gasteiger partial charge in [0.15, 0.2) is 0 Å². The van der Waals surface area contributed by atoms with Crippen LogP contribution in [0.3, 0.4) is 0 Å². The van der Waals surface area contributed by atoms with E-state index in [1.165, 1.54) is 35.8 Å². The van der Waals surface area contributed by atoms with E-state index in [-0.39, 0.29) is 30.0 Å². The third kappa shape index (κ3) is 4.52. The first-order valence-electron chi connectivity index (χ1n) is 10.7. The van der Waals surface area contributed by atoms with Gasteiger partial charge >= 0.3 is 0 Å². The Morgan fingerprint density at radius 3 is 2.72 bits per heavy atom. The number of aromatic nitrogens is 2. The zero-order valence-electron chi connectivity index (χ0n) is 18.1. The topological polar surface area (TPSA) is 102 Å². The number of carbonyl (C=O) groups is 2. The number of nitrogens with zero attached hydrogens (tertiary/aromatic N) is 2. The van der Waals surface area contributed by atoms with Crippen molar-refractivity contribution in [3.05, 3.63) is 51.4 Å². The summed E-state index contributed by atoms with van der Waals surface area (Å²) in [6, 6.07) is 7.24. The van der Waals surface area contributed by atoms with Crippen LogP contribution in [0.1, 0.15) is 47.3 Å². The van der Waals surface area contributed by atoms with Crippen LogP contribution in [-0.2, 0) is 11.3 Å². The maximum Gasteiger partial charge on any atom is 0.262 e. The highest BCUT2D eigenvalue weighted by atomic mass is 32.1. The summed E-state index contributed by atoms with van der Waals surface area (Å²) < 4.78 is 6.50. The number of hydrogen-bond donors (Lipinski definition) is 2. The second kappa shape index (κ2) is 9.52.